The fourth-order valence-electron chi connectivity index (χ4n) is 2.18. The molecule has 0 radical (unpaired) electrons. The van der Waals surface area contributed by atoms with Crippen LogP contribution in [-0.2, 0) is 13.1 Å². The third kappa shape index (κ3) is 3.49. The molecule has 21 heavy (non-hydrogen) atoms. The van der Waals surface area contributed by atoms with E-state index in [0.29, 0.717) is 24.8 Å². The third-order valence-electron chi connectivity index (χ3n) is 3.33. The molecule has 0 amide bonds. The van der Waals surface area contributed by atoms with Crippen molar-refractivity contribution in [2.45, 2.75) is 26.9 Å². The van der Waals surface area contributed by atoms with E-state index in [1.54, 1.807) is 21.9 Å². The van der Waals surface area contributed by atoms with Crippen molar-refractivity contribution in [2.75, 3.05) is 11.9 Å². The Bertz CT molecular complexity index is 646. The third-order valence-corrected chi connectivity index (χ3v) is 3.33. The number of hydrogen-bond acceptors (Lipinski definition) is 4. The first kappa shape index (κ1) is 15.3. The lowest BCUT2D eigenvalue weighted by Crippen LogP contribution is -2.29. The molecule has 2 N–H and O–H groups in total. The van der Waals surface area contributed by atoms with Gasteiger partial charge in [0.05, 0.1) is 0 Å². The van der Waals surface area contributed by atoms with Crippen LogP contribution in [0.1, 0.15) is 19.4 Å². The highest BCUT2D eigenvalue weighted by Gasteiger charge is 2.12. The minimum absolute atomic E-state index is 0.0726. The Labute approximate surface area is 125 Å². The van der Waals surface area contributed by atoms with Crippen molar-refractivity contribution >= 4 is 11.5 Å². The van der Waals surface area contributed by atoms with Crippen LogP contribution in [0.3, 0.4) is 0 Å². The first-order valence-corrected chi connectivity index (χ1v) is 7.11. The SMILES string of the molecule is CC(C)Cn1ccnc(N(C)c2ccc(CN)cc2)c1=O. The molecule has 5 nitrogen and oxygen atoms in total. The molecule has 2 rings (SSSR count). The lowest BCUT2D eigenvalue weighted by atomic mass is 10.2. The van der Waals surface area contributed by atoms with E-state index in [4.69, 9.17) is 5.73 Å². The Morgan fingerprint density at radius 2 is 1.95 bits per heavy atom. The number of nitrogens with zero attached hydrogens (tertiary/aromatic N) is 3. The summed E-state index contributed by atoms with van der Waals surface area (Å²) in [5.41, 5.74) is 7.50. The molecule has 2 aromatic rings. The summed E-state index contributed by atoms with van der Waals surface area (Å²) in [4.78, 5) is 18.5. The van der Waals surface area contributed by atoms with E-state index < -0.39 is 0 Å². The minimum atomic E-state index is -0.0726. The van der Waals surface area contributed by atoms with Crippen molar-refractivity contribution in [1.82, 2.24) is 9.55 Å². The number of rotatable bonds is 5. The van der Waals surface area contributed by atoms with Crippen LogP contribution in [0.15, 0.2) is 41.5 Å². The zero-order valence-corrected chi connectivity index (χ0v) is 12.8. The van der Waals surface area contributed by atoms with E-state index in [-0.39, 0.29) is 5.56 Å². The van der Waals surface area contributed by atoms with Gasteiger partial charge in [-0.2, -0.15) is 0 Å². The summed E-state index contributed by atoms with van der Waals surface area (Å²) in [5.74, 6) is 0.839. The average Bonchev–Trinajstić information content (AvgIpc) is 2.48. The largest absolute Gasteiger partial charge is 0.326 e. The molecule has 1 aromatic carbocycles. The van der Waals surface area contributed by atoms with Crippen LogP contribution in [0, 0.1) is 5.92 Å². The van der Waals surface area contributed by atoms with E-state index in [0.717, 1.165) is 11.3 Å². The Hall–Kier alpha value is -2.14. The molecule has 1 aromatic heterocycles. The van der Waals surface area contributed by atoms with Crippen LogP contribution in [0.2, 0.25) is 0 Å². The predicted molar refractivity (Wildman–Crippen MR) is 85.7 cm³/mol. The summed E-state index contributed by atoms with van der Waals surface area (Å²) in [6, 6.07) is 7.81. The molecule has 1 heterocycles. The van der Waals surface area contributed by atoms with Crippen molar-refractivity contribution < 1.29 is 0 Å². The van der Waals surface area contributed by atoms with Crippen LogP contribution in [0.25, 0.3) is 0 Å². The zero-order valence-electron chi connectivity index (χ0n) is 12.8. The van der Waals surface area contributed by atoms with Gasteiger partial charge in [-0.05, 0) is 23.6 Å². The second kappa shape index (κ2) is 6.54. The maximum atomic E-state index is 12.5. The van der Waals surface area contributed by atoms with E-state index in [2.05, 4.69) is 18.8 Å². The molecule has 0 saturated carbocycles. The molecule has 0 fully saturated rings. The molecule has 0 spiro atoms. The van der Waals surface area contributed by atoms with Gasteiger partial charge in [0.25, 0.3) is 5.56 Å². The van der Waals surface area contributed by atoms with Crippen molar-refractivity contribution in [3.05, 3.63) is 52.6 Å². The maximum absolute atomic E-state index is 12.5. The number of aromatic nitrogens is 2. The van der Waals surface area contributed by atoms with Crippen LogP contribution >= 0.6 is 0 Å². The van der Waals surface area contributed by atoms with Gasteiger partial charge in [-0.3, -0.25) is 4.79 Å². The summed E-state index contributed by atoms with van der Waals surface area (Å²) in [6.07, 6.45) is 3.40. The lowest BCUT2D eigenvalue weighted by molar-refractivity contribution is 0.509. The zero-order chi connectivity index (χ0) is 15.4. The maximum Gasteiger partial charge on any atom is 0.293 e. The van der Waals surface area contributed by atoms with E-state index in [9.17, 15) is 4.79 Å². The molecule has 0 aliphatic heterocycles. The summed E-state index contributed by atoms with van der Waals surface area (Å²) < 4.78 is 1.71. The molecule has 112 valence electrons. The summed E-state index contributed by atoms with van der Waals surface area (Å²) >= 11 is 0. The van der Waals surface area contributed by atoms with Crippen molar-refractivity contribution in [2.24, 2.45) is 11.7 Å². The minimum Gasteiger partial charge on any atom is -0.326 e. The van der Waals surface area contributed by atoms with Crippen LogP contribution < -0.4 is 16.2 Å². The quantitative estimate of drug-likeness (QED) is 0.914. The Morgan fingerprint density at radius 3 is 2.52 bits per heavy atom. The highest BCUT2D eigenvalue weighted by molar-refractivity contribution is 5.58. The Morgan fingerprint density at radius 1 is 1.29 bits per heavy atom. The monoisotopic (exact) mass is 286 g/mol. The average molecular weight is 286 g/mol. The smallest absolute Gasteiger partial charge is 0.293 e. The van der Waals surface area contributed by atoms with Gasteiger partial charge in [0.15, 0.2) is 5.82 Å². The van der Waals surface area contributed by atoms with E-state index in [1.165, 1.54) is 0 Å². The highest BCUT2D eigenvalue weighted by Crippen LogP contribution is 2.19. The van der Waals surface area contributed by atoms with Gasteiger partial charge < -0.3 is 15.2 Å². The van der Waals surface area contributed by atoms with Gasteiger partial charge >= 0.3 is 0 Å². The summed E-state index contributed by atoms with van der Waals surface area (Å²) in [6.45, 7) is 5.37. The number of nitrogens with two attached hydrogens (primary N) is 1. The fourth-order valence-corrected chi connectivity index (χ4v) is 2.18. The summed E-state index contributed by atoms with van der Waals surface area (Å²) in [5, 5.41) is 0. The number of benzene rings is 1. The second-order valence-corrected chi connectivity index (χ2v) is 5.53. The van der Waals surface area contributed by atoms with Gasteiger partial charge in [-0.25, -0.2) is 4.98 Å². The van der Waals surface area contributed by atoms with Gasteiger partial charge in [-0.1, -0.05) is 26.0 Å². The molecular formula is C16H22N4O. The second-order valence-electron chi connectivity index (χ2n) is 5.53. The molecule has 0 atom stereocenters. The van der Waals surface area contributed by atoms with Gasteiger partial charge in [-0.15, -0.1) is 0 Å². The first-order valence-electron chi connectivity index (χ1n) is 7.11. The van der Waals surface area contributed by atoms with Crippen molar-refractivity contribution in [1.29, 1.82) is 0 Å². The van der Waals surface area contributed by atoms with Crippen LogP contribution in [-0.4, -0.2) is 16.6 Å². The number of hydrogen-bond donors (Lipinski definition) is 1. The normalized spacial score (nSPS) is 10.9. The standard InChI is InChI=1S/C16H22N4O/c1-12(2)11-20-9-8-18-15(16(20)21)19(3)14-6-4-13(10-17)5-7-14/h4-9,12H,10-11,17H2,1-3H3. The van der Waals surface area contributed by atoms with Gasteiger partial charge in [0.1, 0.15) is 0 Å². The molecular weight excluding hydrogens is 264 g/mol. The fraction of sp³-hybridized carbons (Fsp3) is 0.375. The van der Waals surface area contributed by atoms with E-state index in [1.807, 2.05) is 31.3 Å². The van der Waals surface area contributed by atoms with Gasteiger partial charge in [0, 0.05) is 38.2 Å². The molecule has 0 aliphatic carbocycles. The highest BCUT2D eigenvalue weighted by atomic mass is 16.1. The molecule has 0 saturated heterocycles. The van der Waals surface area contributed by atoms with Gasteiger partial charge in [0.2, 0.25) is 0 Å². The van der Waals surface area contributed by atoms with Crippen molar-refractivity contribution in [3.63, 3.8) is 0 Å². The predicted octanol–water partition coefficient (Wildman–Crippen LogP) is 2.13. The Balaban J connectivity index is 2.34. The number of anilines is 2. The van der Waals surface area contributed by atoms with Crippen molar-refractivity contribution in [3.8, 4) is 0 Å². The topological polar surface area (TPSA) is 64.2 Å². The molecule has 0 unspecified atom stereocenters. The van der Waals surface area contributed by atoms with Crippen LogP contribution in [0.5, 0.6) is 0 Å². The Kier molecular flexibility index (Phi) is 4.75. The molecule has 5 heteroatoms. The van der Waals surface area contributed by atoms with Crippen LogP contribution in [0.4, 0.5) is 11.5 Å². The first-order chi connectivity index (χ1) is 10.0. The lowest BCUT2D eigenvalue weighted by Gasteiger charge is -2.19. The molecule has 0 bridgehead atoms. The van der Waals surface area contributed by atoms with E-state index >= 15 is 0 Å². The summed E-state index contributed by atoms with van der Waals surface area (Å²) in [7, 11) is 1.85. The molecule has 0 aliphatic rings.